The lowest BCUT2D eigenvalue weighted by Gasteiger charge is -2.36. The van der Waals surface area contributed by atoms with E-state index in [1.165, 1.54) is 0 Å². The fraction of sp³-hybridized carbons (Fsp3) is 0.286. The fourth-order valence-corrected chi connectivity index (χ4v) is 3.47. The lowest BCUT2D eigenvalue weighted by atomic mass is 9.90. The third-order valence-corrected chi connectivity index (χ3v) is 5.07. The van der Waals surface area contributed by atoms with Crippen molar-refractivity contribution >= 4 is 17.4 Å². The first-order valence-electron chi connectivity index (χ1n) is 9.10. The van der Waals surface area contributed by atoms with E-state index in [-0.39, 0.29) is 11.6 Å². The van der Waals surface area contributed by atoms with Gasteiger partial charge in [0.05, 0.1) is 12.8 Å². The predicted molar refractivity (Wildman–Crippen MR) is 104 cm³/mol. The summed E-state index contributed by atoms with van der Waals surface area (Å²) in [6.45, 7) is 1.28. The highest BCUT2D eigenvalue weighted by atomic mass is 16.7. The molecule has 6 nitrogen and oxygen atoms in total. The zero-order valence-electron chi connectivity index (χ0n) is 15.3. The number of benzene rings is 2. The van der Waals surface area contributed by atoms with Crippen molar-refractivity contribution in [3.05, 3.63) is 66.2 Å². The number of rotatable bonds is 3. The minimum absolute atomic E-state index is 0.0704. The quantitative estimate of drug-likeness (QED) is 0.872. The minimum atomic E-state index is -0.373. The highest BCUT2D eigenvalue weighted by Crippen LogP contribution is 2.35. The number of methoxy groups -OCH3 is 1. The molecule has 1 saturated heterocycles. The van der Waals surface area contributed by atoms with E-state index in [4.69, 9.17) is 9.57 Å². The number of carbonyl (C=O) groups is 1. The van der Waals surface area contributed by atoms with Crippen molar-refractivity contribution in [1.82, 2.24) is 10.4 Å². The van der Waals surface area contributed by atoms with Gasteiger partial charge in [-0.05, 0) is 30.3 Å². The van der Waals surface area contributed by atoms with Gasteiger partial charge in [-0.15, -0.1) is 0 Å². The predicted octanol–water partition coefficient (Wildman–Crippen LogP) is 3.64. The Balaban J connectivity index is 1.39. The third-order valence-electron chi connectivity index (χ3n) is 5.07. The number of nitrogens with one attached hydrogen (secondary N) is 2. The summed E-state index contributed by atoms with van der Waals surface area (Å²) in [7, 11) is 1.66. The molecular formula is C21H23N3O3. The highest BCUT2D eigenvalue weighted by molar-refractivity contribution is 5.89. The first kappa shape index (κ1) is 17.4. The standard InChI is InChI=1S/C21H23N3O3/c1-26-18-9-5-6-16(14-18)19-15-21(27-23-19)10-12-24(13-11-21)20(25)22-17-7-3-2-4-8-17/h2-9,14-15,23H,10-13H2,1H3,(H,22,25). The van der Waals surface area contributed by atoms with E-state index in [9.17, 15) is 4.79 Å². The minimum Gasteiger partial charge on any atom is -0.497 e. The van der Waals surface area contributed by atoms with Crippen LogP contribution in [0.3, 0.4) is 0 Å². The molecule has 0 bridgehead atoms. The van der Waals surface area contributed by atoms with Crippen LogP contribution in [0, 0.1) is 0 Å². The van der Waals surface area contributed by atoms with Crippen LogP contribution in [-0.4, -0.2) is 36.7 Å². The monoisotopic (exact) mass is 365 g/mol. The Labute approximate surface area is 158 Å². The maximum Gasteiger partial charge on any atom is 0.321 e. The molecule has 0 unspecified atom stereocenters. The number of nitrogens with zero attached hydrogens (tertiary/aromatic N) is 1. The van der Waals surface area contributed by atoms with Crippen molar-refractivity contribution < 1.29 is 14.4 Å². The zero-order valence-corrected chi connectivity index (χ0v) is 15.3. The molecule has 2 heterocycles. The maximum atomic E-state index is 12.5. The van der Waals surface area contributed by atoms with Crippen molar-refractivity contribution in [1.29, 1.82) is 0 Å². The lowest BCUT2D eigenvalue weighted by Crippen LogP contribution is -2.48. The Morgan fingerprint density at radius 2 is 1.93 bits per heavy atom. The van der Waals surface area contributed by atoms with Crippen molar-refractivity contribution in [3.8, 4) is 5.75 Å². The van der Waals surface area contributed by atoms with E-state index in [0.717, 1.165) is 35.5 Å². The van der Waals surface area contributed by atoms with E-state index < -0.39 is 0 Å². The second-order valence-corrected chi connectivity index (χ2v) is 6.84. The molecule has 2 amide bonds. The summed E-state index contributed by atoms with van der Waals surface area (Å²) in [6.07, 6.45) is 3.62. The van der Waals surface area contributed by atoms with Crippen LogP contribution in [-0.2, 0) is 4.84 Å². The van der Waals surface area contributed by atoms with Gasteiger partial charge >= 0.3 is 6.03 Å². The number of likely N-dealkylation sites (tertiary alicyclic amines) is 1. The van der Waals surface area contributed by atoms with Crippen LogP contribution in [0.5, 0.6) is 5.75 Å². The third kappa shape index (κ3) is 3.75. The largest absolute Gasteiger partial charge is 0.497 e. The topological polar surface area (TPSA) is 62.8 Å². The first-order chi connectivity index (χ1) is 13.2. The van der Waals surface area contributed by atoms with Crippen molar-refractivity contribution in [3.63, 3.8) is 0 Å². The van der Waals surface area contributed by atoms with Crippen LogP contribution >= 0.6 is 0 Å². The second kappa shape index (κ2) is 7.32. The Morgan fingerprint density at radius 3 is 2.67 bits per heavy atom. The highest BCUT2D eigenvalue weighted by Gasteiger charge is 2.39. The fourth-order valence-electron chi connectivity index (χ4n) is 3.47. The van der Waals surface area contributed by atoms with Crippen LogP contribution < -0.4 is 15.5 Å². The summed E-state index contributed by atoms with van der Waals surface area (Å²) in [4.78, 5) is 20.2. The molecule has 4 rings (SSSR count). The Hall–Kier alpha value is -2.99. The number of hydrogen-bond acceptors (Lipinski definition) is 4. The number of para-hydroxylation sites is 1. The SMILES string of the molecule is COc1cccc(C2=CC3(CCN(C(=O)Nc4ccccc4)CC3)ON2)c1. The molecule has 0 saturated carbocycles. The summed E-state index contributed by atoms with van der Waals surface area (Å²) in [5, 5.41) is 2.94. The molecule has 0 atom stereocenters. The molecule has 1 fully saturated rings. The number of ether oxygens (including phenoxy) is 1. The van der Waals surface area contributed by atoms with Gasteiger partial charge in [0.1, 0.15) is 11.4 Å². The van der Waals surface area contributed by atoms with Crippen LogP contribution in [0.1, 0.15) is 18.4 Å². The number of urea groups is 1. The first-order valence-corrected chi connectivity index (χ1v) is 9.10. The summed E-state index contributed by atoms with van der Waals surface area (Å²) in [5.41, 5.74) is 5.45. The molecule has 1 spiro atoms. The van der Waals surface area contributed by atoms with Crippen LogP contribution in [0.2, 0.25) is 0 Å². The smallest absolute Gasteiger partial charge is 0.321 e. The summed E-state index contributed by atoms with van der Waals surface area (Å²) in [5.74, 6) is 0.809. The van der Waals surface area contributed by atoms with Gasteiger partial charge in [0, 0.05) is 37.2 Å². The normalized spacial score (nSPS) is 18.0. The summed E-state index contributed by atoms with van der Waals surface area (Å²) in [6, 6.07) is 17.3. The second-order valence-electron chi connectivity index (χ2n) is 6.84. The maximum absolute atomic E-state index is 12.5. The van der Waals surface area contributed by atoms with E-state index >= 15 is 0 Å². The Kier molecular flexibility index (Phi) is 4.73. The van der Waals surface area contributed by atoms with Crippen molar-refractivity contribution in [2.24, 2.45) is 0 Å². The summed E-state index contributed by atoms with van der Waals surface area (Å²) < 4.78 is 5.29. The van der Waals surface area contributed by atoms with Crippen LogP contribution in [0.4, 0.5) is 10.5 Å². The van der Waals surface area contributed by atoms with Gasteiger partial charge in [0.2, 0.25) is 0 Å². The number of amides is 2. The average Bonchev–Trinajstić information content (AvgIpc) is 3.13. The van der Waals surface area contributed by atoms with Crippen LogP contribution in [0.15, 0.2) is 60.7 Å². The van der Waals surface area contributed by atoms with Crippen molar-refractivity contribution in [2.45, 2.75) is 18.4 Å². The molecule has 6 heteroatoms. The molecule has 2 N–H and O–H groups in total. The average molecular weight is 365 g/mol. The molecular weight excluding hydrogens is 342 g/mol. The van der Waals surface area contributed by atoms with Gasteiger partial charge in [-0.3, -0.25) is 10.3 Å². The van der Waals surface area contributed by atoms with Gasteiger partial charge in [-0.25, -0.2) is 4.79 Å². The number of anilines is 1. The Bertz CT molecular complexity index is 843. The van der Waals surface area contributed by atoms with Gasteiger partial charge in [-0.2, -0.15) is 0 Å². The molecule has 0 aliphatic carbocycles. The van der Waals surface area contributed by atoms with E-state index in [1.807, 2.05) is 59.5 Å². The van der Waals surface area contributed by atoms with Crippen molar-refractivity contribution in [2.75, 3.05) is 25.5 Å². The van der Waals surface area contributed by atoms with E-state index in [1.54, 1.807) is 7.11 Å². The van der Waals surface area contributed by atoms with Crippen LogP contribution in [0.25, 0.3) is 5.70 Å². The van der Waals surface area contributed by atoms with Gasteiger partial charge in [0.25, 0.3) is 0 Å². The lowest BCUT2D eigenvalue weighted by molar-refractivity contribution is -0.0634. The molecule has 0 aromatic heterocycles. The van der Waals surface area contributed by atoms with Gasteiger partial charge in [-0.1, -0.05) is 30.3 Å². The number of hydrogen-bond donors (Lipinski definition) is 2. The summed E-state index contributed by atoms with van der Waals surface area (Å²) >= 11 is 0. The zero-order chi connectivity index (χ0) is 18.7. The number of piperidine rings is 1. The van der Waals surface area contributed by atoms with Gasteiger partial charge < -0.3 is 15.0 Å². The van der Waals surface area contributed by atoms with Gasteiger partial charge in [0.15, 0.2) is 0 Å². The molecule has 0 radical (unpaired) electrons. The molecule has 2 aromatic rings. The molecule has 27 heavy (non-hydrogen) atoms. The number of carbonyl (C=O) groups excluding carboxylic acids is 1. The Morgan fingerprint density at radius 1 is 1.15 bits per heavy atom. The van der Waals surface area contributed by atoms with E-state index in [2.05, 4.69) is 16.9 Å². The number of hydroxylamine groups is 1. The molecule has 2 aromatic carbocycles. The van der Waals surface area contributed by atoms with E-state index in [0.29, 0.717) is 13.1 Å². The molecule has 2 aliphatic heterocycles. The molecule has 140 valence electrons. The molecule has 2 aliphatic rings.